The van der Waals surface area contributed by atoms with E-state index in [2.05, 4.69) is 32.6 Å². The van der Waals surface area contributed by atoms with Crippen LogP contribution in [0.25, 0.3) is 0 Å². The van der Waals surface area contributed by atoms with E-state index in [-0.39, 0.29) is 5.91 Å². The van der Waals surface area contributed by atoms with E-state index < -0.39 is 12.0 Å². The lowest BCUT2D eigenvalue weighted by Crippen LogP contribution is -2.42. The van der Waals surface area contributed by atoms with Crippen LogP contribution in [0.4, 0.5) is 0 Å². The minimum atomic E-state index is -0.631. The van der Waals surface area contributed by atoms with E-state index in [1.807, 2.05) is 24.3 Å². The van der Waals surface area contributed by atoms with Crippen LogP contribution in [0.2, 0.25) is 0 Å². The van der Waals surface area contributed by atoms with Gasteiger partial charge in [-0.25, -0.2) is 4.79 Å². The van der Waals surface area contributed by atoms with Crippen molar-refractivity contribution in [2.45, 2.75) is 19.4 Å². The summed E-state index contributed by atoms with van der Waals surface area (Å²) in [5.74, 6) is -0.675. The lowest BCUT2D eigenvalue weighted by molar-refractivity contribution is -0.144. The number of ether oxygens (including phenoxy) is 1. The average Bonchev–Trinajstić information content (AvgIpc) is 2.29. The Morgan fingerprint density at radius 3 is 2.59 bits per heavy atom. The fourth-order valence-electron chi connectivity index (χ4n) is 1.46. The standard InChI is InChI=1S/C12H14INO3/c1-8(15)14-11(12(16)17-2)7-9-5-3-4-6-10(9)13/h3-6,11H,7H2,1-2H3,(H,14,15)/t11-/m1/s1. The first kappa shape index (κ1) is 14.0. The summed E-state index contributed by atoms with van der Waals surface area (Å²) in [6, 6.07) is 7.09. The van der Waals surface area contributed by atoms with Gasteiger partial charge in [0.25, 0.3) is 0 Å². The van der Waals surface area contributed by atoms with Gasteiger partial charge in [0.2, 0.25) is 5.91 Å². The van der Waals surface area contributed by atoms with Crippen LogP contribution in [0.15, 0.2) is 24.3 Å². The molecule has 1 rings (SSSR count). The van der Waals surface area contributed by atoms with Crippen molar-refractivity contribution in [2.24, 2.45) is 0 Å². The lowest BCUT2D eigenvalue weighted by atomic mass is 10.1. The smallest absolute Gasteiger partial charge is 0.328 e. The van der Waals surface area contributed by atoms with Crippen molar-refractivity contribution >= 4 is 34.5 Å². The van der Waals surface area contributed by atoms with Crippen LogP contribution in [0.3, 0.4) is 0 Å². The van der Waals surface area contributed by atoms with Gasteiger partial charge in [0.05, 0.1) is 7.11 Å². The van der Waals surface area contributed by atoms with Crippen molar-refractivity contribution < 1.29 is 14.3 Å². The van der Waals surface area contributed by atoms with Gasteiger partial charge >= 0.3 is 5.97 Å². The first-order valence-electron chi connectivity index (χ1n) is 5.13. The summed E-state index contributed by atoms with van der Waals surface area (Å²) in [6.45, 7) is 1.38. The van der Waals surface area contributed by atoms with Gasteiger partial charge in [0.1, 0.15) is 6.04 Å². The molecule has 4 nitrogen and oxygen atoms in total. The quantitative estimate of drug-likeness (QED) is 0.664. The Kier molecular flexibility index (Phi) is 5.40. The predicted molar refractivity (Wildman–Crippen MR) is 72.5 cm³/mol. The van der Waals surface area contributed by atoms with Crippen LogP contribution in [0.1, 0.15) is 12.5 Å². The van der Waals surface area contributed by atoms with Crippen LogP contribution >= 0.6 is 22.6 Å². The molecule has 0 aliphatic rings. The maximum absolute atomic E-state index is 11.5. The molecule has 0 saturated heterocycles. The molecule has 1 N–H and O–H groups in total. The second-order valence-corrected chi connectivity index (χ2v) is 4.73. The Labute approximate surface area is 114 Å². The third-order valence-electron chi connectivity index (χ3n) is 2.25. The topological polar surface area (TPSA) is 55.4 Å². The molecule has 17 heavy (non-hydrogen) atoms. The molecule has 1 aromatic rings. The Morgan fingerprint density at radius 1 is 1.41 bits per heavy atom. The van der Waals surface area contributed by atoms with Gasteiger partial charge in [-0.2, -0.15) is 0 Å². The highest BCUT2D eigenvalue weighted by molar-refractivity contribution is 14.1. The molecule has 5 heteroatoms. The largest absolute Gasteiger partial charge is 0.467 e. The molecule has 0 bridgehead atoms. The molecule has 0 aromatic heterocycles. The molecule has 1 atom stereocenters. The number of halogens is 1. The molecule has 1 aromatic carbocycles. The summed E-state index contributed by atoms with van der Waals surface area (Å²) in [7, 11) is 1.31. The molecule has 0 aliphatic heterocycles. The molecule has 0 saturated carbocycles. The first-order valence-corrected chi connectivity index (χ1v) is 6.20. The van der Waals surface area contributed by atoms with Gasteiger partial charge in [0, 0.05) is 16.9 Å². The van der Waals surface area contributed by atoms with E-state index in [0.29, 0.717) is 6.42 Å². The first-order chi connectivity index (χ1) is 8.04. The van der Waals surface area contributed by atoms with Crippen molar-refractivity contribution in [1.29, 1.82) is 0 Å². The zero-order valence-electron chi connectivity index (χ0n) is 9.70. The highest BCUT2D eigenvalue weighted by atomic mass is 127. The number of nitrogens with one attached hydrogen (secondary N) is 1. The summed E-state index contributed by atoms with van der Waals surface area (Å²) in [5, 5.41) is 2.59. The van der Waals surface area contributed by atoms with E-state index in [4.69, 9.17) is 0 Å². The highest BCUT2D eigenvalue weighted by Gasteiger charge is 2.21. The lowest BCUT2D eigenvalue weighted by Gasteiger charge is -2.16. The normalized spacial score (nSPS) is 11.7. The summed E-state index contributed by atoms with van der Waals surface area (Å²) >= 11 is 2.20. The van der Waals surface area contributed by atoms with E-state index in [1.54, 1.807) is 0 Å². The van der Waals surface area contributed by atoms with E-state index >= 15 is 0 Å². The Hall–Kier alpha value is -1.11. The molecule has 0 heterocycles. The van der Waals surface area contributed by atoms with Gasteiger partial charge in [-0.15, -0.1) is 0 Å². The number of hydrogen-bond acceptors (Lipinski definition) is 3. The molecular weight excluding hydrogens is 333 g/mol. The van der Waals surface area contributed by atoms with Crippen LogP contribution in [-0.4, -0.2) is 25.0 Å². The van der Waals surface area contributed by atoms with E-state index in [9.17, 15) is 9.59 Å². The maximum Gasteiger partial charge on any atom is 0.328 e. The molecule has 92 valence electrons. The fourth-order valence-corrected chi connectivity index (χ4v) is 2.07. The van der Waals surface area contributed by atoms with Gasteiger partial charge < -0.3 is 10.1 Å². The van der Waals surface area contributed by atoms with E-state index in [0.717, 1.165) is 9.13 Å². The third kappa shape index (κ3) is 4.33. The van der Waals surface area contributed by atoms with Gasteiger partial charge in [-0.1, -0.05) is 18.2 Å². The van der Waals surface area contributed by atoms with Crippen LogP contribution in [-0.2, 0) is 20.7 Å². The third-order valence-corrected chi connectivity index (χ3v) is 3.30. The van der Waals surface area contributed by atoms with Crippen LogP contribution in [0, 0.1) is 3.57 Å². The predicted octanol–water partition coefficient (Wildman–Crippen LogP) is 1.51. The molecule has 0 radical (unpaired) electrons. The van der Waals surface area contributed by atoms with Crippen LogP contribution < -0.4 is 5.32 Å². The molecule has 1 amide bonds. The fraction of sp³-hybridized carbons (Fsp3) is 0.333. The number of esters is 1. The Balaban J connectivity index is 2.82. The Bertz CT molecular complexity index is 420. The zero-order valence-corrected chi connectivity index (χ0v) is 11.9. The van der Waals surface area contributed by atoms with E-state index in [1.165, 1.54) is 14.0 Å². The number of methoxy groups -OCH3 is 1. The average molecular weight is 347 g/mol. The Morgan fingerprint density at radius 2 is 2.06 bits per heavy atom. The minimum Gasteiger partial charge on any atom is -0.467 e. The summed E-state index contributed by atoms with van der Waals surface area (Å²) in [4.78, 5) is 22.6. The molecule has 0 fully saturated rings. The summed E-state index contributed by atoms with van der Waals surface area (Å²) < 4.78 is 5.73. The van der Waals surface area contributed by atoms with Crippen molar-refractivity contribution in [3.8, 4) is 0 Å². The second kappa shape index (κ2) is 6.58. The molecule has 0 aliphatic carbocycles. The van der Waals surface area contributed by atoms with Crippen molar-refractivity contribution in [1.82, 2.24) is 5.32 Å². The number of amides is 1. The monoisotopic (exact) mass is 347 g/mol. The molecular formula is C12H14INO3. The van der Waals surface area contributed by atoms with Gasteiger partial charge in [-0.05, 0) is 34.2 Å². The van der Waals surface area contributed by atoms with Gasteiger partial charge in [0.15, 0.2) is 0 Å². The SMILES string of the molecule is COC(=O)[C@@H](Cc1ccccc1I)NC(C)=O. The summed E-state index contributed by atoms with van der Waals surface area (Å²) in [5.41, 5.74) is 1.01. The number of benzene rings is 1. The number of carbonyl (C=O) groups is 2. The number of rotatable bonds is 4. The minimum absolute atomic E-state index is 0.244. The highest BCUT2D eigenvalue weighted by Crippen LogP contribution is 2.14. The van der Waals surface area contributed by atoms with Crippen molar-refractivity contribution in [3.05, 3.63) is 33.4 Å². The maximum atomic E-state index is 11.5. The van der Waals surface area contributed by atoms with Gasteiger partial charge in [-0.3, -0.25) is 4.79 Å². The van der Waals surface area contributed by atoms with Crippen LogP contribution in [0.5, 0.6) is 0 Å². The van der Waals surface area contributed by atoms with Crippen molar-refractivity contribution in [2.75, 3.05) is 7.11 Å². The zero-order chi connectivity index (χ0) is 12.8. The summed E-state index contributed by atoms with van der Waals surface area (Å²) in [6.07, 6.45) is 0.436. The molecule has 0 unspecified atom stereocenters. The van der Waals surface area contributed by atoms with Crippen molar-refractivity contribution in [3.63, 3.8) is 0 Å². The second-order valence-electron chi connectivity index (χ2n) is 3.57. The number of hydrogen-bond donors (Lipinski definition) is 1. The number of carbonyl (C=O) groups excluding carboxylic acids is 2. The molecule has 0 spiro atoms.